The molecule has 4 aromatic rings. The summed E-state index contributed by atoms with van der Waals surface area (Å²) in [5, 5.41) is 0.833. The fourth-order valence-corrected chi connectivity index (χ4v) is 4.91. The Kier molecular flexibility index (Phi) is 6.16. The molecule has 0 bridgehead atoms. The van der Waals surface area contributed by atoms with Crippen molar-refractivity contribution in [2.75, 3.05) is 0 Å². The number of aryl methyl sites for hydroxylation is 1. The molecule has 0 saturated heterocycles. The van der Waals surface area contributed by atoms with Crippen LogP contribution in [0, 0.1) is 5.82 Å². The number of fused-ring (bicyclic) bond motifs is 1. The zero-order valence-electron chi connectivity index (χ0n) is 17.5. The highest BCUT2D eigenvalue weighted by atomic mass is 32.2. The summed E-state index contributed by atoms with van der Waals surface area (Å²) >= 11 is 0. The van der Waals surface area contributed by atoms with Crippen LogP contribution in [0.5, 0.6) is 0 Å². The standard InChI is InChI=1S/C24H22FN3O3S/c1-2-17-5-10-23-19(12-17)13-20(24(29)27-23)16-28(15-18-4-3-11-26-14-18)32(30,31)22-8-6-21(25)7-9-22/h3-14H,2,15-16H2,1H3,(H,27,29). The van der Waals surface area contributed by atoms with Crippen LogP contribution in [-0.4, -0.2) is 22.7 Å². The van der Waals surface area contributed by atoms with Gasteiger partial charge in [-0.05, 0) is 71.5 Å². The smallest absolute Gasteiger partial charge is 0.252 e. The zero-order valence-corrected chi connectivity index (χ0v) is 18.3. The normalized spacial score (nSPS) is 11.8. The number of aromatic nitrogens is 2. The number of halogens is 1. The van der Waals surface area contributed by atoms with Crippen LogP contribution >= 0.6 is 0 Å². The SMILES string of the molecule is CCc1ccc2[nH]c(=O)c(CN(Cc3cccnc3)S(=O)(=O)c3ccc(F)cc3)cc2c1. The maximum absolute atomic E-state index is 13.4. The fraction of sp³-hybridized carbons (Fsp3) is 0.167. The molecule has 0 amide bonds. The van der Waals surface area contributed by atoms with Crippen LogP contribution < -0.4 is 5.56 Å². The van der Waals surface area contributed by atoms with E-state index in [2.05, 4.69) is 9.97 Å². The molecule has 0 spiro atoms. The van der Waals surface area contributed by atoms with Crippen LogP contribution in [-0.2, 0) is 29.5 Å². The van der Waals surface area contributed by atoms with Gasteiger partial charge in [-0.25, -0.2) is 12.8 Å². The Morgan fingerprint density at radius 1 is 1.00 bits per heavy atom. The van der Waals surface area contributed by atoms with Crippen molar-refractivity contribution in [2.24, 2.45) is 0 Å². The Balaban J connectivity index is 1.77. The average molecular weight is 452 g/mol. The third-order valence-electron chi connectivity index (χ3n) is 5.27. The molecule has 6 nitrogen and oxygen atoms in total. The molecule has 0 fully saturated rings. The summed E-state index contributed by atoms with van der Waals surface area (Å²) in [6.07, 6.45) is 4.02. The molecule has 1 N–H and O–H groups in total. The molecule has 0 aliphatic carbocycles. The number of rotatable bonds is 7. The van der Waals surface area contributed by atoms with Gasteiger partial charge in [-0.1, -0.05) is 19.1 Å². The van der Waals surface area contributed by atoms with E-state index in [1.807, 2.05) is 25.1 Å². The number of H-pyrrole nitrogens is 1. The molecule has 0 unspecified atom stereocenters. The van der Waals surface area contributed by atoms with Crippen molar-refractivity contribution in [3.63, 3.8) is 0 Å². The summed E-state index contributed by atoms with van der Waals surface area (Å²) in [5.41, 5.74) is 2.44. The molecule has 0 saturated carbocycles. The minimum atomic E-state index is -4.01. The lowest BCUT2D eigenvalue weighted by Crippen LogP contribution is -2.32. The lowest BCUT2D eigenvalue weighted by molar-refractivity contribution is 0.399. The molecule has 0 atom stereocenters. The van der Waals surface area contributed by atoms with E-state index in [0.29, 0.717) is 16.6 Å². The Labute approximate surface area is 185 Å². The van der Waals surface area contributed by atoms with Gasteiger partial charge in [0.1, 0.15) is 5.82 Å². The highest BCUT2D eigenvalue weighted by molar-refractivity contribution is 7.89. The minimum Gasteiger partial charge on any atom is -0.322 e. The van der Waals surface area contributed by atoms with Crippen LogP contribution in [0.4, 0.5) is 4.39 Å². The predicted octanol–water partition coefficient (Wildman–Crippen LogP) is 4.02. The molecule has 0 aliphatic heterocycles. The van der Waals surface area contributed by atoms with Gasteiger partial charge in [-0.15, -0.1) is 0 Å². The van der Waals surface area contributed by atoms with E-state index in [-0.39, 0.29) is 23.5 Å². The van der Waals surface area contributed by atoms with Gasteiger partial charge in [-0.2, -0.15) is 4.31 Å². The van der Waals surface area contributed by atoms with Gasteiger partial charge in [0.2, 0.25) is 10.0 Å². The van der Waals surface area contributed by atoms with Crippen LogP contribution in [0.3, 0.4) is 0 Å². The molecular formula is C24H22FN3O3S. The Morgan fingerprint density at radius 3 is 2.47 bits per heavy atom. The Morgan fingerprint density at radius 2 is 1.78 bits per heavy atom. The van der Waals surface area contributed by atoms with Crippen LogP contribution in [0.15, 0.2) is 82.7 Å². The summed E-state index contributed by atoms with van der Waals surface area (Å²) < 4.78 is 41.4. The minimum absolute atomic E-state index is 0.0139. The maximum atomic E-state index is 13.4. The van der Waals surface area contributed by atoms with Crippen molar-refractivity contribution in [3.8, 4) is 0 Å². The van der Waals surface area contributed by atoms with Gasteiger partial charge in [-0.3, -0.25) is 9.78 Å². The number of aromatic amines is 1. The quantitative estimate of drug-likeness (QED) is 0.460. The van der Waals surface area contributed by atoms with Crippen molar-refractivity contribution < 1.29 is 12.8 Å². The van der Waals surface area contributed by atoms with E-state index in [4.69, 9.17) is 0 Å². The number of pyridine rings is 2. The third-order valence-corrected chi connectivity index (χ3v) is 7.08. The maximum Gasteiger partial charge on any atom is 0.252 e. The number of hydrogen-bond donors (Lipinski definition) is 1. The average Bonchev–Trinajstić information content (AvgIpc) is 2.79. The van der Waals surface area contributed by atoms with Crippen molar-refractivity contribution in [1.29, 1.82) is 0 Å². The monoisotopic (exact) mass is 451 g/mol. The highest BCUT2D eigenvalue weighted by Gasteiger charge is 2.26. The van der Waals surface area contributed by atoms with E-state index < -0.39 is 15.8 Å². The Bertz CT molecular complexity index is 1400. The first kappa shape index (κ1) is 21.9. The largest absolute Gasteiger partial charge is 0.322 e. The second-order valence-electron chi connectivity index (χ2n) is 7.49. The van der Waals surface area contributed by atoms with Gasteiger partial charge in [0.05, 0.1) is 4.90 Å². The van der Waals surface area contributed by atoms with E-state index >= 15 is 0 Å². The number of sulfonamides is 1. The fourth-order valence-electron chi connectivity index (χ4n) is 3.51. The summed E-state index contributed by atoms with van der Waals surface area (Å²) in [7, 11) is -4.01. The van der Waals surface area contributed by atoms with Gasteiger partial charge in [0.25, 0.3) is 5.56 Å². The van der Waals surface area contributed by atoms with Crippen molar-refractivity contribution in [2.45, 2.75) is 31.3 Å². The first-order chi connectivity index (χ1) is 15.4. The van der Waals surface area contributed by atoms with E-state index in [1.54, 1.807) is 30.6 Å². The summed E-state index contributed by atoms with van der Waals surface area (Å²) in [5.74, 6) is -0.527. The van der Waals surface area contributed by atoms with Crippen molar-refractivity contribution in [1.82, 2.24) is 14.3 Å². The molecule has 2 aromatic carbocycles. The molecule has 164 valence electrons. The topological polar surface area (TPSA) is 83.1 Å². The van der Waals surface area contributed by atoms with Gasteiger partial charge in [0.15, 0.2) is 0 Å². The molecular weight excluding hydrogens is 429 g/mol. The number of benzene rings is 2. The highest BCUT2D eigenvalue weighted by Crippen LogP contribution is 2.22. The number of nitrogens with zero attached hydrogens (tertiary/aromatic N) is 2. The molecule has 0 radical (unpaired) electrons. The lowest BCUT2D eigenvalue weighted by atomic mass is 10.1. The molecule has 32 heavy (non-hydrogen) atoms. The molecule has 0 aliphatic rings. The van der Waals surface area contributed by atoms with Crippen LogP contribution in [0.25, 0.3) is 10.9 Å². The third kappa shape index (κ3) is 4.61. The predicted molar refractivity (Wildman–Crippen MR) is 121 cm³/mol. The van der Waals surface area contributed by atoms with Crippen molar-refractivity contribution in [3.05, 3.63) is 106 Å². The molecule has 2 heterocycles. The zero-order chi connectivity index (χ0) is 22.7. The van der Waals surface area contributed by atoms with Crippen LogP contribution in [0.2, 0.25) is 0 Å². The second-order valence-corrected chi connectivity index (χ2v) is 9.43. The summed E-state index contributed by atoms with van der Waals surface area (Å²) in [4.78, 5) is 19.6. The first-order valence-corrected chi connectivity index (χ1v) is 11.6. The van der Waals surface area contributed by atoms with Gasteiger partial charge >= 0.3 is 0 Å². The number of nitrogens with one attached hydrogen (secondary N) is 1. The van der Waals surface area contributed by atoms with Crippen LogP contribution in [0.1, 0.15) is 23.6 Å². The molecule has 8 heteroatoms. The lowest BCUT2D eigenvalue weighted by Gasteiger charge is -2.22. The first-order valence-electron chi connectivity index (χ1n) is 10.2. The van der Waals surface area contributed by atoms with Gasteiger partial charge in [0, 0.05) is 36.6 Å². The summed E-state index contributed by atoms with van der Waals surface area (Å²) in [6.45, 7) is 1.91. The number of hydrogen-bond acceptors (Lipinski definition) is 4. The van der Waals surface area contributed by atoms with Crippen molar-refractivity contribution >= 4 is 20.9 Å². The molecule has 4 rings (SSSR count). The van der Waals surface area contributed by atoms with E-state index in [0.717, 1.165) is 29.5 Å². The Hall–Kier alpha value is -3.36. The summed E-state index contributed by atoms with van der Waals surface area (Å²) in [6, 6.07) is 15.6. The van der Waals surface area contributed by atoms with E-state index in [9.17, 15) is 17.6 Å². The van der Waals surface area contributed by atoms with E-state index in [1.165, 1.54) is 16.4 Å². The second kappa shape index (κ2) is 9.02. The molecule has 2 aromatic heterocycles. The van der Waals surface area contributed by atoms with Gasteiger partial charge < -0.3 is 4.98 Å².